The monoisotopic (exact) mass is 250 g/mol. The van der Waals surface area contributed by atoms with E-state index in [2.05, 4.69) is 25.7 Å². The molecule has 0 fully saturated rings. The van der Waals surface area contributed by atoms with Gasteiger partial charge in [0.25, 0.3) is 0 Å². The zero-order valence-electron chi connectivity index (χ0n) is 10.7. The minimum Gasteiger partial charge on any atom is -0.494 e. The van der Waals surface area contributed by atoms with Gasteiger partial charge in [0.2, 0.25) is 0 Å². The van der Waals surface area contributed by atoms with E-state index in [1.807, 2.05) is 25.1 Å². The molecule has 0 aliphatic rings. The Balaban J connectivity index is 2.89. The summed E-state index contributed by atoms with van der Waals surface area (Å²) in [5.74, 6) is 7.53. The average Bonchev–Trinajstić information content (AvgIpc) is 2.32. The average molecular weight is 251 g/mol. The summed E-state index contributed by atoms with van der Waals surface area (Å²) in [4.78, 5) is 0. The summed E-state index contributed by atoms with van der Waals surface area (Å²) in [6.45, 7) is 6.86. The predicted octanol–water partition coefficient (Wildman–Crippen LogP) is 4.65. The lowest BCUT2D eigenvalue weighted by atomic mass is 9.97. The van der Waals surface area contributed by atoms with E-state index in [9.17, 15) is 0 Å². The van der Waals surface area contributed by atoms with Crippen LogP contribution in [0.4, 0.5) is 0 Å². The molecule has 1 rings (SSSR count). The van der Waals surface area contributed by atoms with Crippen LogP contribution >= 0.6 is 11.6 Å². The highest BCUT2D eigenvalue weighted by atomic mass is 35.5. The summed E-state index contributed by atoms with van der Waals surface area (Å²) in [6.07, 6.45) is 1.74. The van der Waals surface area contributed by atoms with Crippen molar-refractivity contribution in [3.63, 3.8) is 0 Å². The van der Waals surface area contributed by atoms with Crippen LogP contribution in [0.2, 0.25) is 5.02 Å². The van der Waals surface area contributed by atoms with E-state index in [1.54, 1.807) is 0 Å². The van der Waals surface area contributed by atoms with Gasteiger partial charge in [0.05, 0.1) is 6.61 Å². The van der Waals surface area contributed by atoms with Crippen LogP contribution in [0.25, 0.3) is 0 Å². The maximum absolute atomic E-state index is 6.03. The largest absolute Gasteiger partial charge is 0.494 e. The summed E-state index contributed by atoms with van der Waals surface area (Å²) >= 11 is 6.03. The van der Waals surface area contributed by atoms with Gasteiger partial charge in [-0.25, -0.2) is 0 Å². The van der Waals surface area contributed by atoms with Crippen molar-refractivity contribution in [2.24, 2.45) is 0 Å². The molecule has 0 spiro atoms. The van der Waals surface area contributed by atoms with Crippen molar-refractivity contribution in [1.29, 1.82) is 0 Å². The van der Waals surface area contributed by atoms with Crippen LogP contribution < -0.4 is 4.74 Å². The molecule has 1 aromatic rings. The Kier molecular flexibility index (Phi) is 5.94. The Morgan fingerprint density at radius 3 is 2.71 bits per heavy atom. The van der Waals surface area contributed by atoms with E-state index >= 15 is 0 Å². The van der Waals surface area contributed by atoms with Crippen LogP contribution in [0.15, 0.2) is 18.2 Å². The Bertz CT molecular complexity index is 415. The molecule has 0 aromatic heterocycles. The van der Waals surface area contributed by atoms with Gasteiger partial charge in [-0.05, 0) is 36.6 Å². The minimum atomic E-state index is 0.342. The third kappa shape index (κ3) is 4.32. The zero-order chi connectivity index (χ0) is 12.7. The van der Waals surface area contributed by atoms with Crippen molar-refractivity contribution in [2.75, 3.05) is 6.61 Å². The minimum absolute atomic E-state index is 0.342. The van der Waals surface area contributed by atoms with Gasteiger partial charge in [-0.2, -0.15) is 0 Å². The normalized spacial score (nSPS) is 11.5. The first-order chi connectivity index (χ1) is 8.19. The van der Waals surface area contributed by atoms with Gasteiger partial charge in [-0.3, -0.25) is 0 Å². The molecule has 0 amide bonds. The Hall–Kier alpha value is -1.13. The van der Waals surface area contributed by atoms with E-state index in [0.29, 0.717) is 12.5 Å². The number of hydrogen-bond donors (Lipinski definition) is 0. The molecule has 2 heteroatoms. The maximum atomic E-state index is 6.03. The van der Waals surface area contributed by atoms with Gasteiger partial charge in [-0.15, -0.1) is 11.8 Å². The Labute approximate surface area is 109 Å². The summed E-state index contributed by atoms with van der Waals surface area (Å²) in [7, 11) is 0. The molecular weight excluding hydrogens is 232 g/mol. The van der Waals surface area contributed by atoms with Gasteiger partial charge in [0, 0.05) is 17.9 Å². The highest BCUT2D eigenvalue weighted by molar-refractivity contribution is 6.30. The van der Waals surface area contributed by atoms with Crippen LogP contribution in [0.1, 0.15) is 45.1 Å². The second kappa shape index (κ2) is 7.25. The molecule has 0 aliphatic carbocycles. The second-order valence-corrected chi connectivity index (χ2v) is 4.36. The Morgan fingerprint density at radius 1 is 1.29 bits per heavy atom. The zero-order valence-corrected chi connectivity index (χ0v) is 11.5. The third-order valence-corrected chi connectivity index (χ3v) is 2.75. The maximum Gasteiger partial charge on any atom is 0.122 e. The van der Waals surface area contributed by atoms with Crippen LogP contribution in [0, 0.1) is 11.8 Å². The molecule has 17 heavy (non-hydrogen) atoms. The molecule has 0 N–H and O–H groups in total. The summed E-state index contributed by atoms with van der Waals surface area (Å²) < 4.78 is 5.61. The van der Waals surface area contributed by atoms with Crippen molar-refractivity contribution >= 4 is 11.6 Å². The fourth-order valence-electron chi connectivity index (χ4n) is 1.65. The fourth-order valence-corrected chi connectivity index (χ4v) is 1.83. The first-order valence-corrected chi connectivity index (χ1v) is 6.44. The highest BCUT2D eigenvalue weighted by Crippen LogP contribution is 2.31. The smallest absolute Gasteiger partial charge is 0.122 e. The van der Waals surface area contributed by atoms with Crippen molar-refractivity contribution in [3.8, 4) is 17.6 Å². The first kappa shape index (κ1) is 13.9. The number of hydrogen-bond acceptors (Lipinski definition) is 1. The second-order valence-electron chi connectivity index (χ2n) is 3.93. The van der Waals surface area contributed by atoms with Gasteiger partial charge >= 0.3 is 0 Å². The van der Waals surface area contributed by atoms with E-state index < -0.39 is 0 Å². The van der Waals surface area contributed by atoms with E-state index in [-0.39, 0.29) is 0 Å². The fraction of sp³-hybridized carbons (Fsp3) is 0.467. The number of ether oxygens (including phenoxy) is 1. The molecule has 1 unspecified atom stereocenters. The number of halogens is 1. The van der Waals surface area contributed by atoms with Gasteiger partial charge in [0.15, 0.2) is 0 Å². The predicted molar refractivity (Wildman–Crippen MR) is 73.7 cm³/mol. The highest BCUT2D eigenvalue weighted by Gasteiger charge is 2.11. The van der Waals surface area contributed by atoms with Crippen LogP contribution in [0.5, 0.6) is 5.75 Å². The lowest BCUT2D eigenvalue weighted by Crippen LogP contribution is -2.00. The van der Waals surface area contributed by atoms with Crippen LogP contribution in [-0.4, -0.2) is 6.61 Å². The van der Waals surface area contributed by atoms with Crippen molar-refractivity contribution < 1.29 is 4.74 Å². The van der Waals surface area contributed by atoms with Gasteiger partial charge < -0.3 is 4.74 Å². The summed E-state index contributed by atoms with van der Waals surface area (Å²) in [5.41, 5.74) is 1.14. The van der Waals surface area contributed by atoms with E-state index in [1.165, 1.54) is 0 Å². The Morgan fingerprint density at radius 2 is 2.06 bits per heavy atom. The molecule has 1 atom stereocenters. The summed E-state index contributed by atoms with van der Waals surface area (Å²) in [6, 6.07) is 5.77. The first-order valence-electron chi connectivity index (χ1n) is 6.07. The molecule has 92 valence electrons. The quantitative estimate of drug-likeness (QED) is 0.707. The standard InChI is InChI=1S/C15H19ClO/c1-4-6-7-8-12(3)14-11-13(16)9-10-15(14)17-5-2/h9-12H,4-5,8H2,1-3H3. The summed E-state index contributed by atoms with van der Waals surface area (Å²) in [5, 5.41) is 0.749. The lowest BCUT2D eigenvalue weighted by Gasteiger charge is -2.15. The molecule has 0 bridgehead atoms. The molecule has 0 aliphatic heterocycles. The van der Waals surface area contributed by atoms with Gasteiger partial charge in [0.1, 0.15) is 5.75 Å². The van der Waals surface area contributed by atoms with Crippen molar-refractivity contribution in [2.45, 2.75) is 39.5 Å². The molecule has 1 nitrogen and oxygen atoms in total. The van der Waals surface area contributed by atoms with E-state index in [4.69, 9.17) is 16.3 Å². The third-order valence-electron chi connectivity index (χ3n) is 2.51. The van der Waals surface area contributed by atoms with Gasteiger partial charge in [-0.1, -0.05) is 25.4 Å². The molecule has 0 heterocycles. The lowest BCUT2D eigenvalue weighted by molar-refractivity contribution is 0.334. The SMILES string of the molecule is CCC#CCC(C)c1cc(Cl)ccc1OCC. The molecule has 0 saturated heterocycles. The molecule has 0 saturated carbocycles. The van der Waals surface area contributed by atoms with Crippen LogP contribution in [0.3, 0.4) is 0 Å². The van der Waals surface area contributed by atoms with Crippen molar-refractivity contribution in [1.82, 2.24) is 0 Å². The molecule has 0 radical (unpaired) electrons. The van der Waals surface area contributed by atoms with E-state index in [0.717, 1.165) is 29.2 Å². The molecule has 1 aromatic carbocycles. The number of benzene rings is 1. The van der Waals surface area contributed by atoms with Crippen molar-refractivity contribution in [3.05, 3.63) is 28.8 Å². The topological polar surface area (TPSA) is 9.23 Å². The number of rotatable bonds is 4. The molecular formula is C15H19ClO. The van der Waals surface area contributed by atoms with Crippen LogP contribution in [-0.2, 0) is 0 Å².